The summed E-state index contributed by atoms with van der Waals surface area (Å²) in [6, 6.07) is 8.09. The molecule has 0 atom stereocenters. The van der Waals surface area contributed by atoms with Crippen LogP contribution in [0.1, 0.15) is 11.1 Å². The second-order valence-electron chi connectivity index (χ2n) is 4.56. The van der Waals surface area contributed by atoms with Crippen LogP contribution in [-0.4, -0.2) is 6.79 Å². The molecule has 3 rings (SSSR count). The first-order valence-corrected chi connectivity index (χ1v) is 6.23. The van der Waals surface area contributed by atoms with Gasteiger partial charge in [0.1, 0.15) is 11.5 Å². The number of benzene rings is 2. The molecule has 0 amide bonds. The van der Waals surface area contributed by atoms with Gasteiger partial charge in [-0.15, -0.1) is 0 Å². The van der Waals surface area contributed by atoms with E-state index in [1.807, 2.05) is 12.1 Å². The van der Waals surface area contributed by atoms with Crippen LogP contribution in [0.4, 0.5) is 14.5 Å². The molecule has 3 nitrogen and oxygen atoms in total. The van der Waals surface area contributed by atoms with E-state index < -0.39 is 11.6 Å². The normalized spacial score (nSPS) is 12.6. The number of para-hydroxylation sites is 1. The number of hydrogen-bond donors (Lipinski definition) is 1. The SMILES string of the molecule is Cc1ccc(F)c(NCc2cccc3c2OCO3)c1F. The summed E-state index contributed by atoms with van der Waals surface area (Å²) in [5.74, 6) is 0.0792. The molecule has 0 saturated heterocycles. The maximum absolute atomic E-state index is 13.9. The molecule has 1 heterocycles. The molecule has 1 aliphatic rings. The van der Waals surface area contributed by atoms with E-state index in [9.17, 15) is 8.78 Å². The zero-order valence-electron chi connectivity index (χ0n) is 10.9. The Hall–Kier alpha value is -2.30. The fourth-order valence-electron chi connectivity index (χ4n) is 2.13. The van der Waals surface area contributed by atoms with Crippen molar-refractivity contribution in [2.24, 2.45) is 0 Å². The molecular weight excluding hydrogens is 264 g/mol. The number of anilines is 1. The molecule has 2 aromatic carbocycles. The largest absolute Gasteiger partial charge is 0.454 e. The van der Waals surface area contributed by atoms with Crippen molar-refractivity contribution in [3.05, 3.63) is 53.1 Å². The molecule has 0 radical (unpaired) electrons. The number of fused-ring (bicyclic) bond motifs is 1. The Kier molecular flexibility index (Phi) is 3.18. The number of halogens is 2. The summed E-state index contributed by atoms with van der Waals surface area (Å²) >= 11 is 0. The minimum atomic E-state index is -0.613. The predicted molar refractivity (Wildman–Crippen MR) is 71.0 cm³/mol. The summed E-state index contributed by atoms with van der Waals surface area (Å²) in [6.07, 6.45) is 0. The van der Waals surface area contributed by atoms with E-state index in [1.165, 1.54) is 12.1 Å². The van der Waals surface area contributed by atoms with Crippen molar-refractivity contribution < 1.29 is 18.3 Å². The van der Waals surface area contributed by atoms with E-state index in [2.05, 4.69) is 5.32 Å². The summed E-state index contributed by atoms with van der Waals surface area (Å²) in [5, 5.41) is 2.78. The number of ether oxygens (including phenoxy) is 2. The van der Waals surface area contributed by atoms with Crippen LogP contribution in [0.15, 0.2) is 30.3 Å². The predicted octanol–water partition coefficient (Wildman–Crippen LogP) is 3.61. The van der Waals surface area contributed by atoms with E-state index in [-0.39, 0.29) is 19.0 Å². The van der Waals surface area contributed by atoms with Gasteiger partial charge in [0.05, 0.1) is 0 Å². The summed E-state index contributed by atoms with van der Waals surface area (Å²) < 4.78 is 38.1. The van der Waals surface area contributed by atoms with Crippen molar-refractivity contribution >= 4 is 5.69 Å². The number of aryl methyl sites for hydroxylation is 1. The van der Waals surface area contributed by atoms with Gasteiger partial charge in [0.25, 0.3) is 0 Å². The third-order valence-corrected chi connectivity index (χ3v) is 3.22. The molecule has 2 aromatic rings. The third kappa shape index (κ3) is 2.15. The maximum atomic E-state index is 13.9. The lowest BCUT2D eigenvalue weighted by atomic mass is 10.1. The van der Waals surface area contributed by atoms with Crippen molar-refractivity contribution in [3.8, 4) is 11.5 Å². The van der Waals surface area contributed by atoms with Crippen molar-refractivity contribution in [1.29, 1.82) is 0 Å². The molecule has 0 bridgehead atoms. The van der Waals surface area contributed by atoms with E-state index in [0.717, 1.165) is 5.56 Å². The summed E-state index contributed by atoms with van der Waals surface area (Å²) in [7, 11) is 0. The van der Waals surface area contributed by atoms with Gasteiger partial charge in [0.15, 0.2) is 17.3 Å². The Morgan fingerprint density at radius 1 is 1.15 bits per heavy atom. The van der Waals surface area contributed by atoms with Crippen molar-refractivity contribution in [3.63, 3.8) is 0 Å². The van der Waals surface area contributed by atoms with E-state index >= 15 is 0 Å². The van der Waals surface area contributed by atoms with Gasteiger partial charge in [0, 0.05) is 12.1 Å². The van der Waals surface area contributed by atoms with Crippen LogP contribution in [0, 0.1) is 18.6 Å². The van der Waals surface area contributed by atoms with Gasteiger partial charge in [-0.25, -0.2) is 8.78 Å². The second-order valence-corrected chi connectivity index (χ2v) is 4.56. The summed E-state index contributed by atoms with van der Waals surface area (Å²) in [6.45, 7) is 2.01. The minimum absolute atomic E-state index is 0.124. The van der Waals surface area contributed by atoms with Gasteiger partial charge in [-0.05, 0) is 24.6 Å². The highest BCUT2D eigenvalue weighted by atomic mass is 19.1. The molecule has 5 heteroatoms. The highest BCUT2D eigenvalue weighted by Gasteiger charge is 2.18. The molecule has 0 spiro atoms. The van der Waals surface area contributed by atoms with Crippen molar-refractivity contribution in [2.75, 3.05) is 12.1 Å². The number of hydrogen-bond acceptors (Lipinski definition) is 3. The fraction of sp³-hybridized carbons (Fsp3) is 0.200. The molecule has 1 aliphatic heterocycles. The highest BCUT2D eigenvalue weighted by molar-refractivity contribution is 5.53. The van der Waals surface area contributed by atoms with Crippen LogP contribution in [0.5, 0.6) is 11.5 Å². The van der Waals surface area contributed by atoms with Gasteiger partial charge >= 0.3 is 0 Å². The molecule has 0 unspecified atom stereocenters. The Balaban J connectivity index is 1.85. The minimum Gasteiger partial charge on any atom is -0.454 e. The van der Waals surface area contributed by atoms with E-state index in [0.29, 0.717) is 17.1 Å². The summed E-state index contributed by atoms with van der Waals surface area (Å²) in [5.41, 5.74) is 1.06. The Morgan fingerprint density at radius 3 is 2.85 bits per heavy atom. The van der Waals surface area contributed by atoms with Gasteiger partial charge in [-0.1, -0.05) is 18.2 Å². The zero-order chi connectivity index (χ0) is 14.1. The van der Waals surface area contributed by atoms with Gasteiger partial charge in [-0.2, -0.15) is 0 Å². The molecule has 0 aliphatic carbocycles. The average Bonchev–Trinajstić information content (AvgIpc) is 2.92. The van der Waals surface area contributed by atoms with Crippen LogP contribution in [0.25, 0.3) is 0 Å². The van der Waals surface area contributed by atoms with Crippen molar-refractivity contribution in [1.82, 2.24) is 0 Å². The fourth-order valence-corrected chi connectivity index (χ4v) is 2.13. The molecule has 0 aromatic heterocycles. The van der Waals surface area contributed by atoms with Crippen LogP contribution in [0.2, 0.25) is 0 Å². The topological polar surface area (TPSA) is 30.5 Å². The quantitative estimate of drug-likeness (QED) is 0.929. The molecule has 20 heavy (non-hydrogen) atoms. The van der Waals surface area contributed by atoms with Gasteiger partial charge in [0.2, 0.25) is 6.79 Å². The van der Waals surface area contributed by atoms with Gasteiger partial charge in [-0.3, -0.25) is 0 Å². The monoisotopic (exact) mass is 277 g/mol. The first-order valence-electron chi connectivity index (χ1n) is 6.23. The molecule has 0 fully saturated rings. The maximum Gasteiger partial charge on any atom is 0.231 e. The number of nitrogens with one attached hydrogen (secondary N) is 1. The Labute approximate surface area is 115 Å². The van der Waals surface area contributed by atoms with Crippen LogP contribution in [-0.2, 0) is 6.54 Å². The van der Waals surface area contributed by atoms with Gasteiger partial charge < -0.3 is 14.8 Å². The number of rotatable bonds is 3. The molecule has 0 saturated carbocycles. The third-order valence-electron chi connectivity index (χ3n) is 3.22. The van der Waals surface area contributed by atoms with E-state index in [4.69, 9.17) is 9.47 Å². The van der Waals surface area contributed by atoms with Crippen molar-refractivity contribution in [2.45, 2.75) is 13.5 Å². The van der Waals surface area contributed by atoms with E-state index in [1.54, 1.807) is 13.0 Å². The van der Waals surface area contributed by atoms with Crippen LogP contribution >= 0.6 is 0 Å². The molecule has 104 valence electrons. The lowest BCUT2D eigenvalue weighted by Crippen LogP contribution is -2.05. The highest BCUT2D eigenvalue weighted by Crippen LogP contribution is 2.35. The first kappa shape index (κ1) is 12.7. The summed E-state index contributed by atoms with van der Waals surface area (Å²) in [4.78, 5) is 0. The average molecular weight is 277 g/mol. The second kappa shape index (κ2) is 5.00. The Morgan fingerprint density at radius 2 is 2.00 bits per heavy atom. The first-order chi connectivity index (χ1) is 9.66. The zero-order valence-corrected chi connectivity index (χ0v) is 10.9. The lowest BCUT2D eigenvalue weighted by molar-refractivity contribution is 0.173. The smallest absolute Gasteiger partial charge is 0.231 e. The van der Waals surface area contributed by atoms with Crippen LogP contribution < -0.4 is 14.8 Å². The standard InChI is InChI=1S/C15H13F2NO2/c1-9-5-6-11(16)14(13(9)17)18-7-10-3-2-4-12-15(10)20-8-19-12/h2-6,18H,7-8H2,1H3. The molecule has 1 N–H and O–H groups in total. The Bertz CT molecular complexity index is 659. The lowest BCUT2D eigenvalue weighted by Gasteiger charge is -2.11. The van der Waals surface area contributed by atoms with Crippen LogP contribution in [0.3, 0.4) is 0 Å². The molecular formula is C15H13F2NO2.